The lowest BCUT2D eigenvalue weighted by Crippen LogP contribution is -2.33. The first-order valence-electron chi connectivity index (χ1n) is 8.35. The SMILES string of the molecule is C.C.CNC(=O)CCN1C(=O)C=CC1=O.CNC(=O)CCN1C(=O)C=CC1=O.S=PP=S. The predicted molar refractivity (Wildman–Crippen MR) is 131 cm³/mol. The number of rotatable bonds is 7. The van der Waals surface area contributed by atoms with E-state index in [1.165, 1.54) is 38.4 Å². The van der Waals surface area contributed by atoms with Gasteiger partial charge >= 0.3 is 0 Å². The van der Waals surface area contributed by atoms with Crippen LogP contribution in [0.5, 0.6) is 0 Å². The molecule has 0 saturated heterocycles. The predicted octanol–water partition coefficient (Wildman–Crippen LogP) is 1.08. The van der Waals surface area contributed by atoms with E-state index in [2.05, 4.69) is 34.2 Å². The zero-order valence-electron chi connectivity index (χ0n) is 16.2. The molecule has 0 spiro atoms. The topological polar surface area (TPSA) is 133 Å². The van der Waals surface area contributed by atoms with Gasteiger partial charge in [0.2, 0.25) is 11.8 Å². The Balaban J connectivity index is -0.000000428. The standard InChI is InChI=1S/2C8H10N2O3.2CH4.P2S2/c2*1-9-6(11)4-5-10-7(12)2-3-8(10)13;;;3-1-2-4/h2*2-3H,4-5H2,1H3,(H,9,11);2*1H4;. The molecule has 2 aliphatic heterocycles. The molecule has 0 bridgehead atoms. The van der Waals surface area contributed by atoms with Crippen molar-refractivity contribution >= 4 is 73.1 Å². The van der Waals surface area contributed by atoms with Gasteiger partial charge in [-0.25, -0.2) is 0 Å². The number of carbonyl (C=O) groups is 6. The van der Waals surface area contributed by atoms with Gasteiger partial charge in [0.25, 0.3) is 23.6 Å². The molecule has 14 heteroatoms. The normalized spacial score (nSPS) is 13.6. The molecule has 2 aliphatic rings. The molecule has 178 valence electrons. The molecule has 0 aromatic carbocycles. The van der Waals surface area contributed by atoms with Crippen molar-refractivity contribution in [2.24, 2.45) is 0 Å². The van der Waals surface area contributed by atoms with Crippen LogP contribution in [0.3, 0.4) is 0 Å². The molecule has 0 saturated carbocycles. The minimum atomic E-state index is -0.353. The van der Waals surface area contributed by atoms with Crippen molar-refractivity contribution in [1.29, 1.82) is 0 Å². The summed E-state index contributed by atoms with van der Waals surface area (Å²) in [7, 11) is 4.75. The van der Waals surface area contributed by atoms with E-state index in [1.54, 1.807) is 0 Å². The third kappa shape index (κ3) is 13.2. The van der Waals surface area contributed by atoms with Crippen LogP contribution >= 0.6 is 14.1 Å². The van der Waals surface area contributed by atoms with Gasteiger partial charge in [0.05, 0.1) is 0 Å². The van der Waals surface area contributed by atoms with Crippen molar-refractivity contribution in [2.75, 3.05) is 27.2 Å². The highest BCUT2D eigenvalue weighted by Gasteiger charge is 2.24. The van der Waals surface area contributed by atoms with E-state index in [4.69, 9.17) is 0 Å². The third-order valence-corrected chi connectivity index (χ3v) is 6.18. The molecular formula is C18H28N4O6P2S2. The summed E-state index contributed by atoms with van der Waals surface area (Å²) in [6, 6.07) is 0. The average Bonchev–Trinajstić information content (AvgIpc) is 3.25. The van der Waals surface area contributed by atoms with Gasteiger partial charge in [-0.3, -0.25) is 38.6 Å². The van der Waals surface area contributed by atoms with E-state index < -0.39 is 0 Å². The first kappa shape index (κ1) is 34.4. The number of carbonyl (C=O) groups excluding carboxylic acids is 6. The second kappa shape index (κ2) is 19.4. The van der Waals surface area contributed by atoms with Crippen molar-refractivity contribution < 1.29 is 28.8 Å². The van der Waals surface area contributed by atoms with Crippen LogP contribution in [-0.2, 0) is 52.4 Å². The molecule has 6 amide bonds. The zero-order chi connectivity index (χ0) is 23.1. The molecule has 0 unspecified atom stereocenters. The Labute approximate surface area is 201 Å². The van der Waals surface area contributed by atoms with E-state index in [9.17, 15) is 28.8 Å². The summed E-state index contributed by atoms with van der Waals surface area (Å²) in [5, 5.41) is 4.82. The fourth-order valence-electron chi connectivity index (χ4n) is 1.98. The number of hydrogen-bond acceptors (Lipinski definition) is 8. The van der Waals surface area contributed by atoms with Gasteiger partial charge in [0, 0.05) is 78.4 Å². The van der Waals surface area contributed by atoms with Gasteiger partial charge in [-0.2, -0.15) is 0 Å². The van der Waals surface area contributed by atoms with Crippen molar-refractivity contribution in [1.82, 2.24) is 20.4 Å². The first-order chi connectivity index (χ1) is 14.2. The molecule has 2 N–H and O–H groups in total. The Bertz CT molecular complexity index is 689. The van der Waals surface area contributed by atoms with E-state index in [1.807, 2.05) is 0 Å². The lowest BCUT2D eigenvalue weighted by atomic mass is 10.3. The van der Waals surface area contributed by atoms with Crippen LogP contribution in [0.15, 0.2) is 24.3 Å². The molecule has 0 radical (unpaired) electrons. The van der Waals surface area contributed by atoms with Crippen LogP contribution in [0.2, 0.25) is 0 Å². The molecule has 0 aliphatic carbocycles. The Morgan fingerprint density at radius 3 is 1.16 bits per heavy atom. The molecule has 2 rings (SSSR count). The summed E-state index contributed by atoms with van der Waals surface area (Å²) in [6.45, 7) is 0.286. The molecule has 0 aromatic heterocycles. The Kier molecular flexibility index (Phi) is 20.9. The van der Waals surface area contributed by atoms with Crippen LogP contribution in [0.25, 0.3) is 0 Å². The molecule has 0 atom stereocenters. The van der Waals surface area contributed by atoms with Crippen LogP contribution in [0.1, 0.15) is 27.7 Å². The van der Waals surface area contributed by atoms with Crippen LogP contribution in [0.4, 0.5) is 0 Å². The lowest BCUT2D eigenvalue weighted by Gasteiger charge is -2.12. The number of nitrogens with zero attached hydrogens (tertiary/aromatic N) is 2. The summed E-state index contributed by atoms with van der Waals surface area (Å²) in [5.74, 6) is -1.79. The van der Waals surface area contributed by atoms with Gasteiger partial charge in [-0.05, 0) is 23.6 Å². The molecule has 0 aromatic rings. The van der Waals surface area contributed by atoms with Crippen molar-refractivity contribution in [3.63, 3.8) is 0 Å². The Morgan fingerprint density at radius 2 is 0.969 bits per heavy atom. The number of hydrogen-bond donors (Lipinski definition) is 2. The molecule has 0 fully saturated rings. The van der Waals surface area contributed by atoms with Gasteiger partial charge in [-0.1, -0.05) is 14.9 Å². The summed E-state index contributed by atoms with van der Waals surface area (Å²) < 4.78 is 0. The van der Waals surface area contributed by atoms with Crippen LogP contribution in [-0.4, -0.2) is 72.4 Å². The lowest BCUT2D eigenvalue weighted by molar-refractivity contribution is -0.139. The summed E-state index contributed by atoms with van der Waals surface area (Å²) >= 11 is 8.82. The van der Waals surface area contributed by atoms with Crippen molar-refractivity contribution in [3.8, 4) is 0 Å². The van der Waals surface area contributed by atoms with E-state index >= 15 is 0 Å². The first-order valence-corrected chi connectivity index (χ1v) is 12.9. The molecule has 32 heavy (non-hydrogen) atoms. The molecular weight excluding hydrogens is 494 g/mol. The summed E-state index contributed by atoms with van der Waals surface area (Å²) in [4.78, 5) is 67.6. The van der Waals surface area contributed by atoms with E-state index in [-0.39, 0.29) is 76.2 Å². The zero-order valence-corrected chi connectivity index (χ0v) is 19.6. The summed E-state index contributed by atoms with van der Waals surface area (Å²) in [5.41, 5.74) is 0. The van der Waals surface area contributed by atoms with Gasteiger partial charge in [0.15, 0.2) is 0 Å². The fraction of sp³-hybridized carbons (Fsp3) is 0.444. The fourth-order valence-corrected chi connectivity index (χ4v) is 1.98. The van der Waals surface area contributed by atoms with Crippen LogP contribution in [0, 0.1) is 0 Å². The second-order valence-electron chi connectivity index (χ2n) is 5.33. The highest BCUT2D eigenvalue weighted by atomic mass is 32.7. The second-order valence-corrected chi connectivity index (χ2v) is 9.58. The third-order valence-electron chi connectivity index (χ3n) is 3.52. The average molecular weight is 523 g/mol. The highest BCUT2D eigenvalue weighted by molar-refractivity contribution is 8.40. The maximum Gasteiger partial charge on any atom is 0.253 e. The van der Waals surface area contributed by atoms with Gasteiger partial charge < -0.3 is 10.6 Å². The molecule has 10 nitrogen and oxygen atoms in total. The Hall–Kier alpha value is -2.26. The van der Waals surface area contributed by atoms with Gasteiger partial charge in [-0.15, -0.1) is 0 Å². The smallest absolute Gasteiger partial charge is 0.253 e. The monoisotopic (exact) mass is 522 g/mol. The number of imide groups is 2. The quantitative estimate of drug-likeness (QED) is 0.375. The number of amides is 6. The Morgan fingerprint density at radius 1 is 0.719 bits per heavy atom. The maximum atomic E-state index is 11.0. The van der Waals surface area contributed by atoms with Crippen LogP contribution < -0.4 is 10.6 Å². The van der Waals surface area contributed by atoms with E-state index in [0.29, 0.717) is 0 Å². The van der Waals surface area contributed by atoms with E-state index in [0.717, 1.165) is 23.9 Å². The highest BCUT2D eigenvalue weighted by Crippen LogP contribution is 2.10. The molecule has 2 heterocycles. The number of nitrogens with one attached hydrogen (secondary N) is 2. The van der Waals surface area contributed by atoms with Gasteiger partial charge in [0.1, 0.15) is 0 Å². The summed E-state index contributed by atoms with van der Waals surface area (Å²) in [6.07, 6.45) is 5.10. The minimum absolute atomic E-state index is 0. The minimum Gasteiger partial charge on any atom is -0.359 e. The van der Waals surface area contributed by atoms with Crippen molar-refractivity contribution in [2.45, 2.75) is 27.7 Å². The maximum absolute atomic E-state index is 11.0. The van der Waals surface area contributed by atoms with Crippen molar-refractivity contribution in [3.05, 3.63) is 24.3 Å². The largest absolute Gasteiger partial charge is 0.359 e.